The van der Waals surface area contributed by atoms with Crippen LogP contribution >= 0.6 is 0 Å². The monoisotopic (exact) mass is 396 g/mol. The number of hydrazine groups is 1. The molecule has 0 radical (unpaired) electrons. The summed E-state index contributed by atoms with van der Waals surface area (Å²) in [7, 11) is 0. The second-order valence-electron chi connectivity index (χ2n) is 6.82. The molecule has 0 saturated heterocycles. The molecule has 0 aliphatic heterocycles. The Morgan fingerprint density at radius 2 is 1.33 bits per heavy atom. The number of benzene rings is 3. The van der Waals surface area contributed by atoms with E-state index in [0.717, 1.165) is 28.0 Å². The average Bonchev–Trinajstić information content (AvgIpc) is 2.78. The molecule has 0 aliphatic carbocycles. The fourth-order valence-electron chi connectivity index (χ4n) is 3.11. The molecule has 148 valence electrons. The van der Waals surface area contributed by atoms with Gasteiger partial charge in [0.25, 0.3) is 11.8 Å². The van der Waals surface area contributed by atoms with Crippen LogP contribution in [0.4, 0.5) is 11.5 Å². The molecule has 0 aliphatic rings. The zero-order chi connectivity index (χ0) is 20.9. The number of anilines is 2. The van der Waals surface area contributed by atoms with E-state index in [9.17, 15) is 9.59 Å². The average molecular weight is 396 g/mol. The molecule has 6 nitrogen and oxygen atoms in total. The fraction of sp³-hybridized carbons (Fsp3) is 0.0417. The molecule has 4 aromatic rings. The van der Waals surface area contributed by atoms with E-state index < -0.39 is 5.91 Å². The predicted molar refractivity (Wildman–Crippen MR) is 118 cm³/mol. The third-order valence-corrected chi connectivity index (χ3v) is 4.67. The Labute approximate surface area is 173 Å². The lowest BCUT2D eigenvalue weighted by Crippen LogP contribution is -2.41. The lowest BCUT2D eigenvalue weighted by Gasteiger charge is -2.10. The van der Waals surface area contributed by atoms with Crippen molar-refractivity contribution in [3.8, 4) is 0 Å². The second kappa shape index (κ2) is 8.45. The summed E-state index contributed by atoms with van der Waals surface area (Å²) in [6.45, 7) is 2.05. The minimum Gasteiger partial charge on any atom is -0.340 e. The van der Waals surface area contributed by atoms with Crippen LogP contribution in [0, 0.1) is 6.92 Å². The zero-order valence-electron chi connectivity index (χ0n) is 16.3. The number of rotatable bonds is 4. The minimum absolute atomic E-state index is 0.375. The minimum atomic E-state index is -0.398. The number of hydrogen-bond acceptors (Lipinski definition) is 4. The number of amides is 2. The Balaban J connectivity index is 1.40. The summed E-state index contributed by atoms with van der Waals surface area (Å²) in [4.78, 5) is 28.9. The van der Waals surface area contributed by atoms with Gasteiger partial charge in [-0.15, -0.1) is 0 Å². The number of para-hydroxylation sites is 1. The molecule has 6 heteroatoms. The van der Waals surface area contributed by atoms with Crippen molar-refractivity contribution >= 4 is 34.2 Å². The van der Waals surface area contributed by atoms with Gasteiger partial charge in [0, 0.05) is 22.2 Å². The first-order chi connectivity index (χ1) is 14.6. The summed E-state index contributed by atoms with van der Waals surface area (Å²) < 4.78 is 0. The van der Waals surface area contributed by atoms with Crippen LogP contribution in [-0.2, 0) is 0 Å². The van der Waals surface area contributed by atoms with Gasteiger partial charge in [-0.2, -0.15) is 0 Å². The van der Waals surface area contributed by atoms with E-state index >= 15 is 0 Å². The van der Waals surface area contributed by atoms with Crippen molar-refractivity contribution in [2.75, 3.05) is 5.32 Å². The first-order valence-electron chi connectivity index (χ1n) is 9.49. The highest BCUT2D eigenvalue weighted by molar-refractivity contribution is 5.99. The van der Waals surface area contributed by atoms with Crippen LogP contribution in [0.3, 0.4) is 0 Å². The van der Waals surface area contributed by atoms with Gasteiger partial charge in [-0.05, 0) is 61.0 Å². The van der Waals surface area contributed by atoms with Crippen LogP contribution in [0.1, 0.15) is 26.3 Å². The second-order valence-corrected chi connectivity index (χ2v) is 6.82. The third-order valence-electron chi connectivity index (χ3n) is 4.67. The smallest absolute Gasteiger partial charge is 0.269 e. The molecule has 0 atom stereocenters. The first kappa shape index (κ1) is 19.1. The van der Waals surface area contributed by atoms with Crippen molar-refractivity contribution in [3.05, 3.63) is 102 Å². The number of carbonyl (C=O) groups is 2. The number of fused-ring (bicyclic) bond motifs is 1. The van der Waals surface area contributed by atoms with Gasteiger partial charge in [-0.25, -0.2) is 4.98 Å². The summed E-state index contributed by atoms with van der Waals surface area (Å²) >= 11 is 0. The summed E-state index contributed by atoms with van der Waals surface area (Å²) in [6, 6.07) is 25.6. The van der Waals surface area contributed by atoms with Gasteiger partial charge in [0.1, 0.15) is 5.82 Å². The van der Waals surface area contributed by atoms with Gasteiger partial charge >= 0.3 is 0 Å². The Bertz CT molecular complexity index is 1210. The Kier molecular flexibility index (Phi) is 5.39. The molecule has 2 amide bonds. The normalized spacial score (nSPS) is 10.4. The molecular weight excluding hydrogens is 376 g/mol. The first-order valence-corrected chi connectivity index (χ1v) is 9.49. The van der Waals surface area contributed by atoms with E-state index in [0.29, 0.717) is 11.1 Å². The number of hydrogen-bond donors (Lipinski definition) is 3. The highest BCUT2D eigenvalue weighted by Crippen LogP contribution is 2.22. The maximum Gasteiger partial charge on any atom is 0.269 e. The topological polar surface area (TPSA) is 83.1 Å². The van der Waals surface area contributed by atoms with Crippen molar-refractivity contribution in [2.24, 2.45) is 0 Å². The van der Waals surface area contributed by atoms with Crippen molar-refractivity contribution in [1.82, 2.24) is 15.8 Å². The molecule has 3 aromatic carbocycles. The van der Waals surface area contributed by atoms with E-state index in [1.165, 1.54) is 0 Å². The zero-order valence-corrected chi connectivity index (χ0v) is 16.3. The van der Waals surface area contributed by atoms with E-state index in [4.69, 9.17) is 0 Å². The maximum atomic E-state index is 12.3. The van der Waals surface area contributed by atoms with Gasteiger partial charge in [-0.1, -0.05) is 36.4 Å². The van der Waals surface area contributed by atoms with Crippen LogP contribution in [0.5, 0.6) is 0 Å². The van der Waals surface area contributed by atoms with Crippen molar-refractivity contribution in [2.45, 2.75) is 6.92 Å². The third kappa shape index (κ3) is 4.28. The molecule has 0 spiro atoms. The standard InChI is InChI=1S/C24H20N4O2/c1-16-15-22(26-21-10-6-5-9-20(16)21)25-19-13-11-18(12-14-19)24(30)28-27-23(29)17-7-3-2-4-8-17/h2-15H,1H3,(H,25,26)(H,27,29)(H,28,30). The fourth-order valence-corrected chi connectivity index (χ4v) is 3.11. The van der Waals surface area contributed by atoms with Crippen LogP contribution in [0.25, 0.3) is 10.9 Å². The number of aromatic nitrogens is 1. The maximum absolute atomic E-state index is 12.3. The number of nitrogens with one attached hydrogen (secondary N) is 3. The van der Waals surface area contributed by atoms with Crippen LogP contribution in [-0.4, -0.2) is 16.8 Å². The summed E-state index contributed by atoms with van der Waals surface area (Å²) in [6.07, 6.45) is 0. The molecule has 0 saturated carbocycles. The molecule has 4 rings (SSSR count). The van der Waals surface area contributed by atoms with Gasteiger partial charge in [0.15, 0.2) is 0 Å². The van der Waals surface area contributed by atoms with Crippen molar-refractivity contribution in [3.63, 3.8) is 0 Å². The number of carbonyl (C=O) groups excluding carboxylic acids is 2. The van der Waals surface area contributed by atoms with Crippen LogP contribution in [0.15, 0.2) is 84.9 Å². The number of pyridine rings is 1. The summed E-state index contributed by atoms with van der Waals surface area (Å²) in [5.74, 6) is -0.0379. The lowest BCUT2D eigenvalue weighted by atomic mass is 10.1. The van der Waals surface area contributed by atoms with Gasteiger partial charge in [0.2, 0.25) is 0 Å². The van der Waals surface area contributed by atoms with Crippen molar-refractivity contribution in [1.29, 1.82) is 0 Å². The van der Waals surface area contributed by atoms with E-state index in [2.05, 4.69) is 21.2 Å². The Morgan fingerprint density at radius 3 is 2.03 bits per heavy atom. The molecule has 1 aromatic heterocycles. The molecule has 0 fully saturated rings. The highest BCUT2D eigenvalue weighted by Gasteiger charge is 2.09. The Morgan fingerprint density at radius 1 is 0.733 bits per heavy atom. The molecule has 30 heavy (non-hydrogen) atoms. The largest absolute Gasteiger partial charge is 0.340 e. The molecule has 1 heterocycles. The van der Waals surface area contributed by atoms with Gasteiger partial charge in [-0.3, -0.25) is 20.4 Å². The molecular formula is C24H20N4O2. The van der Waals surface area contributed by atoms with E-state index in [-0.39, 0.29) is 5.91 Å². The van der Waals surface area contributed by atoms with Gasteiger partial charge in [0.05, 0.1) is 5.52 Å². The van der Waals surface area contributed by atoms with E-state index in [1.807, 2.05) is 43.3 Å². The molecule has 3 N–H and O–H groups in total. The van der Waals surface area contributed by atoms with Crippen LogP contribution in [0.2, 0.25) is 0 Å². The number of nitrogens with zero attached hydrogens (tertiary/aromatic N) is 1. The van der Waals surface area contributed by atoms with Crippen LogP contribution < -0.4 is 16.2 Å². The predicted octanol–water partition coefficient (Wildman–Crippen LogP) is 4.36. The number of aryl methyl sites for hydroxylation is 1. The summed E-state index contributed by atoms with van der Waals surface area (Å²) in [5.41, 5.74) is 8.59. The van der Waals surface area contributed by atoms with Crippen molar-refractivity contribution < 1.29 is 9.59 Å². The lowest BCUT2D eigenvalue weighted by molar-refractivity contribution is 0.0846. The Hall–Kier alpha value is -4.19. The van der Waals surface area contributed by atoms with Gasteiger partial charge < -0.3 is 5.32 Å². The molecule has 0 unspecified atom stereocenters. The quantitative estimate of drug-likeness (QED) is 0.448. The summed E-state index contributed by atoms with van der Waals surface area (Å²) in [5, 5.41) is 4.38. The van der Waals surface area contributed by atoms with E-state index in [1.54, 1.807) is 48.5 Å². The highest BCUT2D eigenvalue weighted by atomic mass is 16.2. The molecule has 0 bridgehead atoms. The SMILES string of the molecule is Cc1cc(Nc2ccc(C(=O)NNC(=O)c3ccccc3)cc2)nc2ccccc12.